The predicted octanol–water partition coefficient (Wildman–Crippen LogP) is 1.93. The monoisotopic (exact) mass is 363 g/mol. The van der Waals surface area contributed by atoms with Gasteiger partial charge in [-0.15, -0.1) is 0 Å². The van der Waals surface area contributed by atoms with E-state index in [0.717, 1.165) is 12.2 Å². The van der Waals surface area contributed by atoms with E-state index in [1.165, 1.54) is 6.08 Å². The van der Waals surface area contributed by atoms with E-state index in [4.69, 9.17) is 29.2 Å². The first-order valence-corrected chi connectivity index (χ1v) is 9.05. The highest BCUT2D eigenvalue weighted by Gasteiger charge is 2.22. The Morgan fingerprint density at radius 2 is 1.56 bits per heavy atom. The van der Waals surface area contributed by atoms with E-state index in [9.17, 15) is 0 Å². The van der Waals surface area contributed by atoms with Crippen molar-refractivity contribution in [3.8, 4) is 6.07 Å². The van der Waals surface area contributed by atoms with Gasteiger partial charge in [0.25, 0.3) is 0 Å². The first-order valence-electron chi connectivity index (χ1n) is 7.27. The smallest absolute Gasteiger partial charge is 0.373 e. The molecule has 1 atom stereocenters. The van der Waals surface area contributed by atoms with E-state index < -0.39 is 9.05 Å². The Bertz CT molecular complexity index is 543. The Morgan fingerprint density at radius 1 is 1.12 bits per heavy atom. The van der Waals surface area contributed by atoms with Gasteiger partial charge in [-0.3, -0.25) is 0 Å². The van der Waals surface area contributed by atoms with Crippen LogP contribution in [0.4, 0.5) is 0 Å². The van der Waals surface area contributed by atoms with E-state index in [-0.39, 0.29) is 0 Å². The van der Waals surface area contributed by atoms with Gasteiger partial charge >= 0.3 is 9.05 Å². The molecule has 0 spiro atoms. The molecule has 1 heterocycles. The van der Waals surface area contributed by atoms with Crippen LogP contribution in [0.5, 0.6) is 0 Å². The number of benzene rings is 1. The topological polar surface area (TPSA) is 117 Å². The van der Waals surface area contributed by atoms with Crippen LogP contribution in [0, 0.1) is 11.3 Å². The molecule has 0 aromatic heterocycles. The third-order valence-electron chi connectivity index (χ3n) is 2.04. The van der Waals surface area contributed by atoms with E-state index in [1.807, 2.05) is 48.6 Å². The first-order chi connectivity index (χ1) is 11.7. The molecule has 1 unspecified atom stereocenters. The molecule has 0 bridgehead atoms. The average Bonchev–Trinajstić information content (AvgIpc) is 3.34. The minimum absolute atomic E-state index is 0.583. The summed E-state index contributed by atoms with van der Waals surface area (Å²) in [6.07, 6.45) is 10.8. The van der Waals surface area contributed by atoms with Crippen molar-refractivity contribution in [1.29, 1.82) is 5.26 Å². The molecular formula is C18H25NO5Si. The molecule has 25 heavy (non-hydrogen) atoms. The number of ether oxygens (including phenoxy) is 1. The molecule has 0 radical (unpaired) electrons. The van der Waals surface area contributed by atoms with Crippen molar-refractivity contribution in [2.45, 2.75) is 13.0 Å². The highest BCUT2D eigenvalue weighted by molar-refractivity contribution is 6.46. The van der Waals surface area contributed by atoms with Gasteiger partial charge in [-0.25, -0.2) is 0 Å². The van der Waals surface area contributed by atoms with Gasteiger partial charge in [-0.1, -0.05) is 73.9 Å². The molecule has 6 nitrogen and oxygen atoms in total. The minimum Gasteiger partial charge on any atom is -0.373 e. The Morgan fingerprint density at radius 3 is 1.88 bits per heavy atom. The Hall–Kier alpha value is -2.31. The van der Waals surface area contributed by atoms with E-state index in [0.29, 0.717) is 6.10 Å². The maximum absolute atomic E-state index is 8.19. The van der Waals surface area contributed by atoms with Crippen LogP contribution in [0.3, 0.4) is 0 Å². The van der Waals surface area contributed by atoms with Crippen LogP contribution in [0.1, 0.15) is 12.5 Å². The number of nitriles is 1. The summed E-state index contributed by atoms with van der Waals surface area (Å²) in [6.45, 7) is 9.76. The summed E-state index contributed by atoms with van der Waals surface area (Å²) in [5, 5.41) is 8.19. The van der Waals surface area contributed by atoms with Crippen molar-refractivity contribution in [3.63, 3.8) is 0 Å². The molecule has 0 aliphatic carbocycles. The van der Waals surface area contributed by atoms with Crippen molar-refractivity contribution in [2.24, 2.45) is 0 Å². The lowest BCUT2D eigenvalue weighted by Crippen LogP contribution is -2.33. The van der Waals surface area contributed by atoms with Gasteiger partial charge in [0.2, 0.25) is 0 Å². The molecule has 136 valence electrons. The summed E-state index contributed by atoms with van der Waals surface area (Å²) in [5.41, 5.74) is 1.14. The van der Waals surface area contributed by atoms with Crippen molar-refractivity contribution in [2.75, 3.05) is 6.61 Å². The van der Waals surface area contributed by atoms with E-state index in [2.05, 4.69) is 20.1 Å². The molecule has 1 aliphatic heterocycles. The average molecular weight is 363 g/mol. The summed E-state index contributed by atoms with van der Waals surface area (Å²) in [6, 6.07) is 11.9. The molecule has 1 aromatic carbocycles. The van der Waals surface area contributed by atoms with Crippen molar-refractivity contribution in [1.82, 2.24) is 0 Å². The van der Waals surface area contributed by atoms with Gasteiger partial charge in [0, 0.05) is 6.08 Å². The Balaban J connectivity index is 0. The lowest BCUT2D eigenvalue weighted by Gasteiger charge is -1.91. The minimum atomic E-state index is -4.61. The fourth-order valence-corrected chi connectivity index (χ4v) is 0.926. The van der Waals surface area contributed by atoms with E-state index >= 15 is 0 Å². The zero-order chi connectivity index (χ0) is 19.6. The fraction of sp³-hybridized carbons (Fsp3) is 0.167. The molecule has 1 saturated heterocycles. The molecule has 7 heteroatoms. The first kappa shape index (κ1) is 24.9. The van der Waals surface area contributed by atoms with Crippen LogP contribution in [0.25, 0.3) is 6.08 Å². The maximum Gasteiger partial charge on any atom is 0.668 e. The molecule has 0 amide bonds. The fourth-order valence-electron chi connectivity index (χ4n) is 0.926. The quantitative estimate of drug-likeness (QED) is 0.282. The predicted molar refractivity (Wildman–Crippen MR) is 101 cm³/mol. The zero-order valence-corrected chi connectivity index (χ0v) is 15.2. The largest absolute Gasteiger partial charge is 0.668 e. The number of hydrogen-bond acceptors (Lipinski definition) is 6. The Kier molecular flexibility index (Phi) is 16.5. The molecule has 2 rings (SSSR count). The lowest BCUT2D eigenvalue weighted by atomic mass is 10.2. The summed E-state index contributed by atoms with van der Waals surface area (Å²) in [7, 11) is -4.61. The number of hydrogen-bond donors (Lipinski definition) is 4. The lowest BCUT2D eigenvalue weighted by molar-refractivity contribution is 0.117. The summed E-state index contributed by atoms with van der Waals surface area (Å²) in [5.74, 6) is 0. The summed E-state index contributed by atoms with van der Waals surface area (Å²) < 4.78 is 4.71. The van der Waals surface area contributed by atoms with E-state index in [1.54, 1.807) is 18.2 Å². The molecule has 1 aliphatic rings. The Labute approximate surface area is 150 Å². The van der Waals surface area contributed by atoms with Crippen LogP contribution in [-0.4, -0.2) is 40.9 Å². The standard InChI is InChI=1S/C11H9N.C4H6.C3H6O.H4O4Si/c12-10-6-2-5-9-11-7-3-1-4-8-11;1-3-4-2;1-3-2-4-3;1-5(2,3)4/h1-9H;3-4H,1-2H2;3H,2H2,1H3;1-4H. The van der Waals surface area contributed by atoms with Crippen molar-refractivity contribution < 1.29 is 23.9 Å². The SMILES string of the molecule is C=CC=C.CC1CO1.N#CC=CC=Cc1ccccc1.O[Si](O)(O)O. The number of epoxide rings is 1. The number of allylic oxidation sites excluding steroid dienone is 5. The van der Waals surface area contributed by atoms with Gasteiger partial charge in [0.1, 0.15) is 0 Å². The van der Waals surface area contributed by atoms with Gasteiger partial charge in [0.05, 0.1) is 18.8 Å². The van der Waals surface area contributed by atoms with Crippen LogP contribution < -0.4 is 0 Å². The molecule has 0 saturated carbocycles. The third kappa shape index (κ3) is 34.2. The maximum atomic E-state index is 8.19. The van der Waals surface area contributed by atoms with Crippen molar-refractivity contribution in [3.05, 3.63) is 79.4 Å². The third-order valence-corrected chi connectivity index (χ3v) is 2.04. The van der Waals surface area contributed by atoms with Gasteiger partial charge < -0.3 is 23.9 Å². The molecule has 4 N–H and O–H groups in total. The second-order valence-corrected chi connectivity index (χ2v) is 5.67. The summed E-state index contributed by atoms with van der Waals surface area (Å²) in [4.78, 5) is 29.3. The van der Waals surface area contributed by atoms with Crippen LogP contribution >= 0.6 is 0 Å². The van der Waals surface area contributed by atoms with Gasteiger partial charge in [-0.05, 0) is 12.5 Å². The van der Waals surface area contributed by atoms with Crippen LogP contribution in [0.15, 0.2) is 73.9 Å². The van der Waals surface area contributed by atoms with Crippen LogP contribution in [-0.2, 0) is 4.74 Å². The normalized spacial score (nSPS) is 14.6. The molecular weight excluding hydrogens is 338 g/mol. The van der Waals surface area contributed by atoms with Crippen LogP contribution in [0.2, 0.25) is 0 Å². The second kappa shape index (κ2) is 16.5. The number of rotatable bonds is 3. The number of nitrogens with zero attached hydrogens (tertiary/aromatic N) is 1. The van der Waals surface area contributed by atoms with Gasteiger partial charge in [0.15, 0.2) is 0 Å². The molecule has 1 aromatic rings. The van der Waals surface area contributed by atoms with Gasteiger partial charge in [-0.2, -0.15) is 5.26 Å². The molecule has 1 fully saturated rings. The highest BCUT2D eigenvalue weighted by Crippen LogP contribution is 2.04. The highest BCUT2D eigenvalue weighted by atomic mass is 28.4. The second-order valence-electron chi connectivity index (χ2n) is 4.47. The zero-order valence-electron chi connectivity index (χ0n) is 14.2. The van der Waals surface area contributed by atoms with Crippen molar-refractivity contribution >= 4 is 15.1 Å². The summed E-state index contributed by atoms with van der Waals surface area (Å²) >= 11 is 0.